The van der Waals surface area contributed by atoms with Crippen molar-refractivity contribution >= 4 is 23.0 Å². The number of methoxy groups -OCH3 is 1. The van der Waals surface area contributed by atoms with Crippen molar-refractivity contribution in [2.45, 2.75) is 6.42 Å². The van der Waals surface area contributed by atoms with Crippen LogP contribution >= 0.6 is 0 Å². The molecule has 0 heterocycles. The van der Waals surface area contributed by atoms with Gasteiger partial charge in [-0.25, -0.2) is 0 Å². The predicted molar refractivity (Wildman–Crippen MR) is 108 cm³/mol. The molecule has 0 unspecified atom stereocenters. The molecule has 0 aliphatic rings. The number of anilines is 3. The zero-order chi connectivity index (χ0) is 18.9. The van der Waals surface area contributed by atoms with Gasteiger partial charge in [0.15, 0.2) is 0 Å². The molecule has 138 valence electrons. The summed E-state index contributed by atoms with van der Waals surface area (Å²) < 4.78 is 10.7. The molecule has 0 bridgehead atoms. The molecule has 1 amide bonds. The first-order chi connectivity index (χ1) is 13.2. The van der Waals surface area contributed by atoms with Gasteiger partial charge in [-0.05, 0) is 60.7 Å². The molecule has 2 N–H and O–H groups in total. The van der Waals surface area contributed by atoms with E-state index in [9.17, 15) is 4.79 Å². The molecule has 0 radical (unpaired) electrons. The average molecular weight is 362 g/mol. The lowest BCUT2D eigenvalue weighted by Crippen LogP contribution is -2.15. The fraction of sp³-hybridized carbons (Fsp3) is 0.136. The van der Waals surface area contributed by atoms with Crippen LogP contribution in [0.4, 0.5) is 17.1 Å². The second-order valence-corrected chi connectivity index (χ2v) is 5.89. The molecule has 0 aliphatic heterocycles. The van der Waals surface area contributed by atoms with Crippen molar-refractivity contribution in [3.05, 3.63) is 78.9 Å². The summed E-state index contributed by atoms with van der Waals surface area (Å²) in [5, 5.41) is 6.17. The molecular formula is C22H22N2O3. The first kappa shape index (κ1) is 18.3. The zero-order valence-electron chi connectivity index (χ0n) is 15.1. The van der Waals surface area contributed by atoms with Crippen LogP contribution in [0.3, 0.4) is 0 Å². The monoisotopic (exact) mass is 362 g/mol. The van der Waals surface area contributed by atoms with Crippen molar-refractivity contribution in [1.29, 1.82) is 0 Å². The van der Waals surface area contributed by atoms with Crippen molar-refractivity contribution in [1.82, 2.24) is 0 Å². The quantitative estimate of drug-likeness (QED) is 0.602. The molecule has 3 aromatic rings. The number of hydrogen-bond donors (Lipinski definition) is 2. The number of ether oxygens (including phenoxy) is 2. The van der Waals surface area contributed by atoms with E-state index in [-0.39, 0.29) is 5.91 Å². The fourth-order valence-corrected chi connectivity index (χ4v) is 2.48. The van der Waals surface area contributed by atoms with Gasteiger partial charge in [-0.15, -0.1) is 0 Å². The molecule has 3 rings (SSSR count). The highest BCUT2D eigenvalue weighted by molar-refractivity contribution is 5.91. The third-order valence-electron chi connectivity index (χ3n) is 3.89. The Kier molecular flexibility index (Phi) is 6.30. The summed E-state index contributed by atoms with van der Waals surface area (Å²) in [5.74, 6) is 1.50. The Bertz CT molecular complexity index is 847. The molecule has 0 fully saturated rings. The molecule has 0 aromatic heterocycles. The van der Waals surface area contributed by atoms with Gasteiger partial charge >= 0.3 is 0 Å². The predicted octanol–water partition coefficient (Wildman–Crippen LogP) is 4.85. The van der Waals surface area contributed by atoms with Crippen molar-refractivity contribution < 1.29 is 14.3 Å². The number of hydrogen-bond acceptors (Lipinski definition) is 4. The Balaban J connectivity index is 1.45. The Morgan fingerprint density at radius 1 is 0.778 bits per heavy atom. The fourth-order valence-electron chi connectivity index (χ4n) is 2.48. The molecule has 5 nitrogen and oxygen atoms in total. The van der Waals surface area contributed by atoms with Crippen molar-refractivity contribution in [2.24, 2.45) is 0 Å². The standard InChI is InChI=1S/C22H22N2O3/c1-26-20-13-11-18(12-14-20)23-17-7-9-19(10-8-17)24-22(25)15-16-27-21-5-3-2-4-6-21/h2-14,23H,15-16H2,1H3,(H,24,25). The SMILES string of the molecule is COc1ccc(Nc2ccc(NC(=O)CCOc3ccccc3)cc2)cc1. The van der Waals surface area contributed by atoms with Crippen LogP contribution in [0.25, 0.3) is 0 Å². The lowest BCUT2D eigenvalue weighted by Gasteiger charge is -2.10. The minimum absolute atomic E-state index is 0.0817. The van der Waals surface area contributed by atoms with E-state index in [4.69, 9.17) is 9.47 Å². The third-order valence-corrected chi connectivity index (χ3v) is 3.89. The first-order valence-electron chi connectivity index (χ1n) is 8.72. The number of carbonyl (C=O) groups excluding carboxylic acids is 1. The highest BCUT2D eigenvalue weighted by Crippen LogP contribution is 2.21. The van der Waals surface area contributed by atoms with Gasteiger partial charge < -0.3 is 20.1 Å². The minimum Gasteiger partial charge on any atom is -0.497 e. The van der Waals surface area contributed by atoms with Gasteiger partial charge in [0.25, 0.3) is 0 Å². The van der Waals surface area contributed by atoms with Gasteiger partial charge in [0.05, 0.1) is 20.1 Å². The second kappa shape index (κ2) is 9.29. The number of rotatable bonds is 8. The van der Waals surface area contributed by atoms with Crippen LogP contribution in [-0.2, 0) is 4.79 Å². The Hall–Kier alpha value is -3.47. The summed E-state index contributed by atoms with van der Waals surface area (Å²) >= 11 is 0. The molecule has 0 saturated heterocycles. The van der Waals surface area contributed by atoms with Gasteiger partial charge in [0.2, 0.25) is 5.91 Å². The van der Waals surface area contributed by atoms with E-state index in [0.29, 0.717) is 13.0 Å². The van der Waals surface area contributed by atoms with Crippen molar-refractivity contribution in [2.75, 3.05) is 24.4 Å². The molecule has 5 heteroatoms. The lowest BCUT2D eigenvalue weighted by molar-refractivity contribution is -0.116. The van der Waals surface area contributed by atoms with Crippen LogP contribution in [0.15, 0.2) is 78.9 Å². The lowest BCUT2D eigenvalue weighted by atomic mass is 10.2. The maximum absolute atomic E-state index is 12.0. The average Bonchev–Trinajstić information content (AvgIpc) is 2.71. The number of nitrogens with one attached hydrogen (secondary N) is 2. The summed E-state index contributed by atoms with van der Waals surface area (Å²) in [6.45, 7) is 0.340. The van der Waals surface area contributed by atoms with E-state index in [1.807, 2.05) is 78.9 Å². The second-order valence-electron chi connectivity index (χ2n) is 5.89. The highest BCUT2D eigenvalue weighted by Gasteiger charge is 2.04. The van der Waals surface area contributed by atoms with Crippen LogP contribution < -0.4 is 20.1 Å². The van der Waals surface area contributed by atoms with Gasteiger partial charge in [-0.3, -0.25) is 4.79 Å². The molecule has 0 saturated carbocycles. The van der Waals surface area contributed by atoms with Gasteiger partial charge in [0, 0.05) is 17.1 Å². The molecule has 3 aromatic carbocycles. The maximum atomic E-state index is 12.0. The summed E-state index contributed by atoms with van der Waals surface area (Å²) in [7, 11) is 1.64. The van der Waals surface area contributed by atoms with E-state index in [0.717, 1.165) is 28.6 Å². The van der Waals surface area contributed by atoms with E-state index < -0.39 is 0 Å². The minimum atomic E-state index is -0.0817. The Morgan fingerprint density at radius 2 is 1.37 bits per heavy atom. The van der Waals surface area contributed by atoms with Crippen LogP contribution in [0.5, 0.6) is 11.5 Å². The number of carbonyl (C=O) groups is 1. The van der Waals surface area contributed by atoms with Gasteiger partial charge in [0.1, 0.15) is 11.5 Å². The first-order valence-corrected chi connectivity index (χ1v) is 8.72. The van der Waals surface area contributed by atoms with Crippen molar-refractivity contribution in [3.63, 3.8) is 0 Å². The van der Waals surface area contributed by atoms with E-state index in [1.165, 1.54) is 0 Å². The van der Waals surface area contributed by atoms with Crippen LogP contribution in [0.1, 0.15) is 6.42 Å². The molecule has 0 spiro atoms. The van der Waals surface area contributed by atoms with Gasteiger partial charge in [-0.2, -0.15) is 0 Å². The number of para-hydroxylation sites is 1. The molecule has 0 aliphatic carbocycles. The molecular weight excluding hydrogens is 340 g/mol. The van der Waals surface area contributed by atoms with E-state index in [1.54, 1.807) is 7.11 Å². The van der Waals surface area contributed by atoms with E-state index >= 15 is 0 Å². The van der Waals surface area contributed by atoms with E-state index in [2.05, 4.69) is 10.6 Å². The van der Waals surface area contributed by atoms with Crippen LogP contribution in [0, 0.1) is 0 Å². The van der Waals surface area contributed by atoms with Crippen LogP contribution in [0.2, 0.25) is 0 Å². The number of amides is 1. The summed E-state index contributed by atoms with van der Waals surface area (Å²) in [6.07, 6.45) is 0.292. The smallest absolute Gasteiger partial charge is 0.227 e. The normalized spacial score (nSPS) is 10.1. The largest absolute Gasteiger partial charge is 0.497 e. The Morgan fingerprint density at radius 3 is 2.00 bits per heavy atom. The summed E-state index contributed by atoms with van der Waals surface area (Å²) in [4.78, 5) is 12.0. The zero-order valence-corrected chi connectivity index (χ0v) is 15.1. The molecule has 27 heavy (non-hydrogen) atoms. The maximum Gasteiger partial charge on any atom is 0.227 e. The van der Waals surface area contributed by atoms with Crippen molar-refractivity contribution in [3.8, 4) is 11.5 Å². The van der Waals surface area contributed by atoms with Gasteiger partial charge in [-0.1, -0.05) is 18.2 Å². The molecule has 0 atom stereocenters. The third kappa shape index (κ3) is 5.78. The highest BCUT2D eigenvalue weighted by atomic mass is 16.5. The summed E-state index contributed by atoms with van der Waals surface area (Å²) in [5.41, 5.74) is 2.65. The summed E-state index contributed by atoms with van der Waals surface area (Å²) in [6, 6.07) is 24.7. The topological polar surface area (TPSA) is 59.6 Å². The van der Waals surface area contributed by atoms with Crippen LogP contribution in [-0.4, -0.2) is 19.6 Å². The number of benzene rings is 3. The Labute approximate surface area is 158 Å².